The van der Waals surface area contributed by atoms with Gasteiger partial charge in [0.05, 0.1) is 30.1 Å². The number of hydrogen-bond donors (Lipinski definition) is 3. The third kappa shape index (κ3) is 7.25. The van der Waals surface area contributed by atoms with Crippen molar-refractivity contribution >= 4 is 35.0 Å². The second kappa shape index (κ2) is 13.0. The molecule has 192 valence electrons. The topological polar surface area (TPSA) is 140 Å². The van der Waals surface area contributed by atoms with Gasteiger partial charge in [-0.05, 0) is 30.7 Å². The van der Waals surface area contributed by atoms with E-state index in [-0.39, 0.29) is 34.4 Å². The van der Waals surface area contributed by atoms with Gasteiger partial charge in [0.25, 0.3) is 5.91 Å². The number of aromatic nitrogens is 3. The van der Waals surface area contributed by atoms with E-state index in [9.17, 15) is 9.18 Å². The van der Waals surface area contributed by atoms with Gasteiger partial charge >= 0.3 is 0 Å². The van der Waals surface area contributed by atoms with Crippen LogP contribution in [0.5, 0.6) is 5.75 Å². The van der Waals surface area contributed by atoms with Crippen molar-refractivity contribution in [1.82, 2.24) is 30.5 Å². The van der Waals surface area contributed by atoms with Gasteiger partial charge in [0, 0.05) is 44.6 Å². The quantitative estimate of drug-likeness (QED) is 0.126. The van der Waals surface area contributed by atoms with E-state index in [2.05, 4.69) is 35.9 Å². The van der Waals surface area contributed by atoms with Gasteiger partial charge < -0.3 is 20.3 Å². The summed E-state index contributed by atoms with van der Waals surface area (Å²) in [6.45, 7) is 0.751. The van der Waals surface area contributed by atoms with Crippen LogP contribution in [0.2, 0.25) is 5.02 Å². The molecule has 3 rings (SSSR count). The number of nitriles is 1. The summed E-state index contributed by atoms with van der Waals surface area (Å²) in [6, 6.07) is 5.70. The maximum atomic E-state index is 14.4. The van der Waals surface area contributed by atoms with Crippen LogP contribution in [-0.2, 0) is 0 Å². The van der Waals surface area contributed by atoms with Gasteiger partial charge in [-0.3, -0.25) is 20.1 Å². The molecule has 2 heterocycles. The minimum atomic E-state index is -0.532. The summed E-state index contributed by atoms with van der Waals surface area (Å²) in [5.74, 6) is 0.138. The first-order chi connectivity index (χ1) is 17.8. The van der Waals surface area contributed by atoms with E-state index in [1.165, 1.54) is 43.9 Å². The Labute approximate surface area is 218 Å². The Morgan fingerprint density at radius 3 is 2.84 bits per heavy atom. The summed E-state index contributed by atoms with van der Waals surface area (Å²) in [5, 5.41) is 17.5. The SMILES string of the molecule is COc1cnc(-c2cc(Cl)ccc2F)nc1Nc1ccncc1C(=O)NCCCN=C(NC#N)N(C)C. The van der Waals surface area contributed by atoms with E-state index in [1.54, 1.807) is 25.1 Å². The minimum absolute atomic E-state index is 0.0897. The number of amides is 1. The van der Waals surface area contributed by atoms with Gasteiger partial charge in [-0.2, -0.15) is 5.26 Å². The van der Waals surface area contributed by atoms with Gasteiger partial charge in [-0.25, -0.2) is 14.4 Å². The molecule has 37 heavy (non-hydrogen) atoms. The van der Waals surface area contributed by atoms with Gasteiger partial charge in [0.15, 0.2) is 23.6 Å². The Balaban J connectivity index is 1.75. The summed E-state index contributed by atoms with van der Waals surface area (Å²) in [7, 11) is 4.98. The molecular weight excluding hydrogens is 501 g/mol. The number of halogens is 2. The van der Waals surface area contributed by atoms with Crippen molar-refractivity contribution in [3.8, 4) is 23.3 Å². The predicted octanol–water partition coefficient (Wildman–Crippen LogP) is 3.19. The highest BCUT2D eigenvalue weighted by molar-refractivity contribution is 6.30. The number of carbonyl (C=O) groups is 1. The first-order valence-electron chi connectivity index (χ1n) is 11.1. The number of ether oxygens (including phenoxy) is 1. The van der Waals surface area contributed by atoms with Crippen LogP contribution in [-0.4, -0.2) is 66.0 Å². The summed E-state index contributed by atoms with van der Waals surface area (Å²) in [4.78, 5) is 31.5. The fourth-order valence-corrected chi connectivity index (χ4v) is 3.30. The fraction of sp³-hybridized carbons (Fsp3) is 0.250. The third-order valence-electron chi connectivity index (χ3n) is 4.94. The number of benzene rings is 1. The number of aliphatic imine (C=N–C) groups is 1. The van der Waals surface area contributed by atoms with E-state index in [0.717, 1.165) is 0 Å². The molecule has 0 fully saturated rings. The highest BCUT2D eigenvalue weighted by atomic mass is 35.5. The van der Waals surface area contributed by atoms with Crippen LogP contribution in [0, 0.1) is 17.3 Å². The van der Waals surface area contributed by atoms with Crippen LogP contribution < -0.4 is 20.7 Å². The number of rotatable bonds is 9. The molecule has 0 aliphatic rings. The lowest BCUT2D eigenvalue weighted by Crippen LogP contribution is -2.33. The molecule has 2 aromatic heterocycles. The maximum absolute atomic E-state index is 14.4. The van der Waals surface area contributed by atoms with Gasteiger partial charge in [-0.1, -0.05) is 11.6 Å². The normalized spacial score (nSPS) is 10.9. The standard InChI is InChI=1S/C24H25ClFN9O2/c1-35(2)24(32-14-27)30-9-4-8-29-23(36)17-12-28-10-7-19(17)33-22-20(37-3)13-31-21(34-22)16-11-15(25)5-6-18(16)26/h5-7,10-13H,4,8-9H2,1-3H3,(H,29,36)(H,30,32)(H,28,31,33,34). The molecule has 0 atom stereocenters. The average molecular weight is 526 g/mol. The highest BCUT2D eigenvalue weighted by Gasteiger charge is 2.17. The first-order valence-corrected chi connectivity index (χ1v) is 11.4. The Bertz CT molecular complexity index is 1330. The van der Waals surface area contributed by atoms with Crippen molar-refractivity contribution in [1.29, 1.82) is 5.26 Å². The van der Waals surface area contributed by atoms with Crippen molar-refractivity contribution in [2.45, 2.75) is 6.42 Å². The van der Waals surface area contributed by atoms with Crippen LogP contribution in [0.15, 0.2) is 47.8 Å². The molecule has 11 nitrogen and oxygen atoms in total. The lowest BCUT2D eigenvalue weighted by molar-refractivity contribution is 0.0954. The third-order valence-corrected chi connectivity index (χ3v) is 5.17. The zero-order chi connectivity index (χ0) is 26.8. The number of methoxy groups -OCH3 is 1. The van der Waals surface area contributed by atoms with Crippen LogP contribution >= 0.6 is 11.6 Å². The number of anilines is 2. The Hall–Kier alpha value is -4.50. The molecule has 3 aromatic rings. The van der Waals surface area contributed by atoms with E-state index in [4.69, 9.17) is 21.6 Å². The molecule has 0 saturated heterocycles. The Kier molecular flexibility index (Phi) is 9.51. The molecule has 0 aliphatic heterocycles. The molecular formula is C24H25ClFN9O2. The fourth-order valence-electron chi connectivity index (χ4n) is 3.12. The van der Waals surface area contributed by atoms with Crippen molar-refractivity contribution in [3.05, 3.63) is 59.3 Å². The van der Waals surface area contributed by atoms with E-state index in [1.807, 2.05) is 6.19 Å². The summed E-state index contributed by atoms with van der Waals surface area (Å²) >= 11 is 6.02. The second-order valence-corrected chi connectivity index (χ2v) is 8.16. The largest absolute Gasteiger partial charge is 0.491 e. The molecule has 0 bridgehead atoms. The molecule has 0 radical (unpaired) electrons. The van der Waals surface area contributed by atoms with Gasteiger partial charge in [0.2, 0.25) is 5.96 Å². The number of pyridine rings is 1. The van der Waals surface area contributed by atoms with Gasteiger partial charge in [-0.15, -0.1) is 0 Å². The average Bonchev–Trinajstić information content (AvgIpc) is 2.89. The summed E-state index contributed by atoms with van der Waals surface area (Å²) < 4.78 is 19.7. The molecule has 0 spiro atoms. The maximum Gasteiger partial charge on any atom is 0.254 e. The van der Waals surface area contributed by atoms with Crippen molar-refractivity contribution < 1.29 is 13.9 Å². The molecule has 13 heteroatoms. The van der Waals surface area contributed by atoms with Crippen LogP contribution in [0.3, 0.4) is 0 Å². The van der Waals surface area contributed by atoms with E-state index in [0.29, 0.717) is 36.2 Å². The summed E-state index contributed by atoms with van der Waals surface area (Å²) in [5.41, 5.74) is 0.798. The molecule has 1 amide bonds. The van der Waals surface area contributed by atoms with Crippen molar-refractivity contribution in [2.75, 3.05) is 39.6 Å². The Morgan fingerprint density at radius 2 is 2.11 bits per heavy atom. The van der Waals surface area contributed by atoms with Crippen molar-refractivity contribution in [3.63, 3.8) is 0 Å². The number of carbonyl (C=O) groups excluding carboxylic acids is 1. The number of guanidine groups is 1. The monoisotopic (exact) mass is 525 g/mol. The molecule has 0 aliphatic carbocycles. The number of hydrogen-bond acceptors (Lipinski definition) is 8. The van der Waals surface area contributed by atoms with Crippen molar-refractivity contribution in [2.24, 2.45) is 4.99 Å². The lowest BCUT2D eigenvalue weighted by Gasteiger charge is -2.15. The molecule has 1 aromatic carbocycles. The lowest BCUT2D eigenvalue weighted by atomic mass is 10.2. The number of nitrogens with one attached hydrogen (secondary N) is 3. The smallest absolute Gasteiger partial charge is 0.254 e. The first kappa shape index (κ1) is 27.1. The minimum Gasteiger partial charge on any atom is -0.491 e. The van der Waals surface area contributed by atoms with Crippen LogP contribution in [0.25, 0.3) is 11.4 Å². The van der Waals surface area contributed by atoms with Gasteiger partial charge in [0.1, 0.15) is 5.82 Å². The predicted molar refractivity (Wildman–Crippen MR) is 138 cm³/mol. The summed E-state index contributed by atoms with van der Waals surface area (Å²) in [6.07, 6.45) is 6.72. The zero-order valence-electron chi connectivity index (χ0n) is 20.4. The van der Waals surface area contributed by atoms with E-state index >= 15 is 0 Å². The van der Waals surface area contributed by atoms with Crippen LogP contribution in [0.4, 0.5) is 15.9 Å². The number of nitrogens with zero attached hydrogens (tertiary/aromatic N) is 6. The zero-order valence-corrected chi connectivity index (χ0v) is 21.2. The molecule has 3 N–H and O–H groups in total. The Morgan fingerprint density at radius 1 is 1.30 bits per heavy atom. The second-order valence-electron chi connectivity index (χ2n) is 7.73. The molecule has 0 unspecified atom stereocenters. The van der Waals surface area contributed by atoms with Crippen LogP contribution in [0.1, 0.15) is 16.8 Å². The molecule has 0 saturated carbocycles. The van der Waals surface area contributed by atoms with E-state index < -0.39 is 5.82 Å². The highest BCUT2D eigenvalue weighted by Crippen LogP contribution is 2.30.